The van der Waals surface area contributed by atoms with Crippen LogP contribution in [0.4, 0.5) is 0 Å². The van der Waals surface area contributed by atoms with Gasteiger partial charge >= 0.3 is 17.9 Å². The van der Waals surface area contributed by atoms with Crippen molar-refractivity contribution in [2.24, 2.45) is 0 Å². The van der Waals surface area contributed by atoms with Gasteiger partial charge in [-0.25, -0.2) is 0 Å². The van der Waals surface area contributed by atoms with E-state index in [1.54, 1.807) is 0 Å². The Hall–Kier alpha value is -4.19. The maximum absolute atomic E-state index is 12.8. The third kappa shape index (κ3) is 62.5. The maximum atomic E-state index is 12.8. The summed E-state index contributed by atoms with van der Waals surface area (Å²) >= 11 is 0. The van der Waals surface area contributed by atoms with Crippen molar-refractivity contribution in [3.63, 3.8) is 0 Å². The molecule has 0 N–H and O–H groups in total. The summed E-state index contributed by atoms with van der Waals surface area (Å²) in [6, 6.07) is 0. The first-order valence-electron chi connectivity index (χ1n) is 32.0. The molecule has 0 aromatic rings. The molecular formula is C71H118O6. The largest absolute Gasteiger partial charge is 0.462 e. The molecule has 77 heavy (non-hydrogen) atoms. The summed E-state index contributed by atoms with van der Waals surface area (Å²) in [5.41, 5.74) is 0. The lowest BCUT2D eigenvalue weighted by Crippen LogP contribution is -2.30. The van der Waals surface area contributed by atoms with Crippen LogP contribution < -0.4 is 0 Å². The molecular weight excluding hydrogens is 949 g/mol. The quantitative estimate of drug-likeness (QED) is 0.0261. The van der Waals surface area contributed by atoms with Crippen LogP contribution in [-0.2, 0) is 28.6 Å². The van der Waals surface area contributed by atoms with Gasteiger partial charge in [-0.1, -0.05) is 296 Å². The molecule has 1 atom stereocenters. The molecule has 438 valence electrons. The van der Waals surface area contributed by atoms with Crippen LogP contribution in [0.5, 0.6) is 0 Å². The van der Waals surface area contributed by atoms with Gasteiger partial charge in [0, 0.05) is 19.3 Å². The highest BCUT2D eigenvalue weighted by Gasteiger charge is 2.19. The van der Waals surface area contributed by atoms with E-state index >= 15 is 0 Å². The molecule has 0 aliphatic carbocycles. The normalized spacial score (nSPS) is 12.9. The summed E-state index contributed by atoms with van der Waals surface area (Å²) in [6.07, 6.45) is 89.7. The Morgan fingerprint density at radius 1 is 0.273 bits per heavy atom. The van der Waals surface area contributed by atoms with E-state index in [9.17, 15) is 14.4 Å². The summed E-state index contributed by atoms with van der Waals surface area (Å²) in [5, 5.41) is 0. The van der Waals surface area contributed by atoms with Gasteiger partial charge in [0.25, 0.3) is 0 Å². The molecule has 0 aliphatic rings. The van der Waals surface area contributed by atoms with Gasteiger partial charge in [0.1, 0.15) is 13.2 Å². The lowest BCUT2D eigenvalue weighted by molar-refractivity contribution is -0.167. The predicted octanol–water partition coefficient (Wildman–Crippen LogP) is 22.0. The maximum Gasteiger partial charge on any atom is 0.306 e. The van der Waals surface area contributed by atoms with Crippen molar-refractivity contribution in [2.45, 2.75) is 297 Å². The van der Waals surface area contributed by atoms with Crippen LogP contribution in [-0.4, -0.2) is 37.2 Å². The Morgan fingerprint density at radius 3 is 0.792 bits per heavy atom. The summed E-state index contributed by atoms with van der Waals surface area (Å²) in [7, 11) is 0. The molecule has 6 heteroatoms. The van der Waals surface area contributed by atoms with E-state index in [1.165, 1.54) is 116 Å². The highest BCUT2D eigenvalue weighted by molar-refractivity contribution is 5.71. The van der Waals surface area contributed by atoms with E-state index in [0.29, 0.717) is 19.3 Å². The van der Waals surface area contributed by atoms with Crippen molar-refractivity contribution in [3.8, 4) is 0 Å². The Labute approximate surface area is 475 Å². The Balaban J connectivity index is 4.15. The number of ether oxygens (including phenoxy) is 3. The number of carbonyl (C=O) groups is 3. The van der Waals surface area contributed by atoms with Gasteiger partial charge in [0.05, 0.1) is 0 Å². The van der Waals surface area contributed by atoms with Crippen molar-refractivity contribution in [1.29, 1.82) is 0 Å². The summed E-state index contributed by atoms with van der Waals surface area (Å²) in [4.78, 5) is 37.9. The molecule has 0 saturated heterocycles. The van der Waals surface area contributed by atoms with Crippen LogP contribution in [0.15, 0.2) is 122 Å². The summed E-state index contributed by atoms with van der Waals surface area (Å²) < 4.78 is 16.7. The van der Waals surface area contributed by atoms with Crippen molar-refractivity contribution < 1.29 is 28.6 Å². The first kappa shape index (κ1) is 72.8. The third-order valence-corrected chi connectivity index (χ3v) is 13.5. The van der Waals surface area contributed by atoms with E-state index in [1.807, 2.05) is 0 Å². The molecule has 0 aliphatic heterocycles. The van der Waals surface area contributed by atoms with E-state index in [4.69, 9.17) is 14.2 Å². The number of unbranched alkanes of at least 4 members (excludes halogenated alkanes) is 26. The number of allylic oxidation sites excluding steroid dienone is 20. The van der Waals surface area contributed by atoms with Gasteiger partial charge in [-0.15, -0.1) is 0 Å². The van der Waals surface area contributed by atoms with Crippen LogP contribution in [0.1, 0.15) is 290 Å². The van der Waals surface area contributed by atoms with Crippen molar-refractivity contribution in [2.75, 3.05) is 13.2 Å². The second kappa shape index (κ2) is 64.3. The molecule has 0 fully saturated rings. The lowest BCUT2D eigenvalue weighted by atomic mass is 10.0. The van der Waals surface area contributed by atoms with Crippen molar-refractivity contribution in [3.05, 3.63) is 122 Å². The fraction of sp³-hybridized carbons (Fsp3) is 0.676. The minimum atomic E-state index is -0.793. The Bertz CT molecular complexity index is 1600. The average Bonchev–Trinajstić information content (AvgIpc) is 3.43. The SMILES string of the molecule is CC/C=C\C/C=C\C/C=C\C/C=C\C/C=C\C/C=C\C/C=C\C/C=C\C/C=C\C/C=C\CCCCC(=O)OCC(COC(=O)CCCCCCC)OC(=O)CCCCCCCCCCCCCCCCCCCCCCC. The molecule has 0 spiro atoms. The Kier molecular flexibility index (Phi) is 60.8. The zero-order valence-corrected chi connectivity index (χ0v) is 50.2. The van der Waals surface area contributed by atoms with Gasteiger partial charge in [-0.2, -0.15) is 0 Å². The number of hydrogen-bond donors (Lipinski definition) is 0. The minimum Gasteiger partial charge on any atom is -0.462 e. The van der Waals surface area contributed by atoms with Crippen LogP contribution >= 0.6 is 0 Å². The van der Waals surface area contributed by atoms with Gasteiger partial charge in [-0.05, 0) is 96.3 Å². The number of carbonyl (C=O) groups excluding carboxylic acids is 3. The zero-order chi connectivity index (χ0) is 55.7. The van der Waals surface area contributed by atoms with Crippen molar-refractivity contribution >= 4 is 17.9 Å². The standard InChI is InChI=1S/C71H118O6/c1-4-7-10-13-15-17-19-21-23-25-27-29-30-31-32-33-34-35-36-37-38-39-40-42-43-45-47-49-51-53-55-58-61-64-70(73)76-67-68(66-75-69(72)63-60-57-12-9-6-3)77-71(74)65-62-59-56-54-52-50-48-46-44-41-28-26-24-22-20-18-16-14-11-8-5-2/h7,10,15,17,21,23,27,29,31-32,34-35,37-38,40,42,45,47,51,53,68H,4-6,8-9,11-14,16,18-20,22,24-26,28,30,33,36,39,41,43-44,46,48-50,52,54-67H2,1-3H3/b10-7-,17-15-,23-21-,29-27-,32-31-,35-34-,38-37-,42-40-,47-45-,53-51-. The highest BCUT2D eigenvalue weighted by atomic mass is 16.6. The van der Waals surface area contributed by atoms with Crippen LogP contribution in [0.2, 0.25) is 0 Å². The number of esters is 3. The van der Waals surface area contributed by atoms with Crippen LogP contribution in [0, 0.1) is 0 Å². The molecule has 0 aromatic heterocycles. The molecule has 1 unspecified atom stereocenters. The Morgan fingerprint density at radius 2 is 0.506 bits per heavy atom. The minimum absolute atomic E-state index is 0.0920. The highest BCUT2D eigenvalue weighted by Crippen LogP contribution is 2.16. The topological polar surface area (TPSA) is 78.9 Å². The van der Waals surface area contributed by atoms with Crippen LogP contribution in [0.25, 0.3) is 0 Å². The smallest absolute Gasteiger partial charge is 0.306 e. The van der Waals surface area contributed by atoms with E-state index in [2.05, 4.69) is 142 Å². The fourth-order valence-corrected chi connectivity index (χ4v) is 8.71. The van der Waals surface area contributed by atoms with Gasteiger partial charge < -0.3 is 14.2 Å². The molecule has 0 radical (unpaired) electrons. The molecule has 0 amide bonds. The van der Waals surface area contributed by atoms with E-state index in [0.717, 1.165) is 135 Å². The molecule has 0 rings (SSSR count). The molecule has 0 aromatic carbocycles. The van der Waals surface area contributed by atoms with Crippen molar-refractivity contribution in [1.82, 2.24) is 0 Å². The van der Waals surface area contributed by atoms with Gasteiger partial charge in [0.15, 0.2) is 6.10 Å². The monoisotopic (exact) mass is 1070 g/mol. The van der Waals surface area contributed by atoms with E-state index in [-0.39, 0.29) is 31.1 Å². The molecule has 6 nitrogen and oxygen atoms in total. The first-order valence-corrected chi connectivity index (χ1v) is 32.0. The molecule has 0 saturated carbocycles. The molecule has 0 heterocycles. The first-order chi connectivity index (χ1) is 38.0. The van der Waals surface area contributed by atoms with Gasteiger partial charge in [0.2, 0.25) is 0 Å². The van der Waals surface area contributed by atoms with Crippen LogP contribution in [0.3, 0.4) is 0 Å². The predicted molar refractivity (Wildman–Crippen MR) is 334 cm³/mol. The van der Waals surface area contributed by atoms with Gasteiger partial charge in [-0.3, -0.25) is 14.4 Å². The second-order valence-corrected chi connectivity index (χ2v) is 21.0. The third-order valence-electron chi connectivity index (χ3n) is 13.5. The summed E-state index contributed by atoms with van der Waals surface area (Å²) in [5.74, 6) is -0.946. The second-order valence-electron chi connectivity index (χ2n) is 21.0. The lowest BCUT2D eigenvalue weighted by Gasteiger charge is -2.18. The van der Waals surface area contributed by atoms with E-state index < -0.39 is 6.10 Å². The summed E-state index contributed by atoms with van der Waals surface area (Å²) in [6.45, 7) is 6.42. The number of hydrogen-bond acceptors (Lipinski definition) is 6. The average molecular weight is 1070 g/mol. The fourth-order valence-electron chi connectivity index (χ4n) is 8.71. The zero-order valence-electron chi connectivity index (χ0n) is 50.2. The number of rotatable bonds is 57. The molecule has 0 bridgehead atoms.